The zero-order valence-corrected chi connectivity index (χ0v) is 18.0. The molecule has 0 amide bonds. The molecule has 0 radical (unpaired) electrons. The van der Waals surface area contributed by atoms with Crippen molar-refractivity contribution >= 4 is 17.0 Å². The number of hydrogen-bond donors (Lipinski definition) is 3. The average molecular weight is 426 g/mol. The molecule has 4 heterocycles. The van der Waals surface area contributed by atoms with Crippen molar-refractivity contribution in [1.29, 1.82) is 5.26 Å². The van der Waals surface area contributed by atoms with Gasteiger partial charge in [0.15, 0.2) is 0 Å². The third-order valence-electron chi connectivity index (χ3n) is 6.07. The summed E-state index contributed by atoms with van der Waals surface area (Å²) in [7, 11) is 0. The molecule has 32 heavy (non-hydrogen) atoms. The number of phenols is 1. The minimum absolute atomic E-state index is 0.149. The molecule has 0 saturated carbocycles. The molecule has 0 aliphatic carbocycles. The fourth-order valence-electron chi connectivity index (χ4n) is 4.04. The standard InChI is InChI=1S/C24H22N6O2/c1-12-4-5-21(31)13(2)22(12)18-10-26-23-16(17(18)7-25)6-19(29-23)15-8-27-24(28-9-15)30-20-11-32-14(20)3/h4-6,8-10,14,20,31H,11H2,1-3H3,(H,26,29)(H,27,28,30)/t14-,20-/m1/s1. The Morgan fingerprint density at radius 2 is 1.97 bits per heavy atom. The first-order valence-corrected chi connectivity index (χ1v) is 10.4. The fourth-order valence-corrected chi connectivity index (χ4v) is 4.04. The lowest BCUT2D eigenvalue weighted by Gasteiger charge is -2.34. The number of aromatic amines is 1. The van der Waals surface area contributed by atoms with E-state index < -0.39 is 0 Å². The third kappa shape index (κ3) is 3.24. The van der Waals surface area contributed by atoms with Gasteiger partial charge in [0, 0.05) is 35.1 Å². The molecule has 0 spiro atoms. The lowest BCUT2D eigenvalue weighted by molar-refractivity contribution is -0.0520. The van der Waals surface area contributed by atoms with E-state index in [1.165, 1.54) is 0 Å². The van der Waals surface area contributed by atoms with Gasteiger partial charge >= 0.3 is 0 Å². The highest BCUT2D eigenvalue weighted by molar-refractivity contribution is 5.94. The number of benzene rings is 1. The molecule has 3 aromatic heterocycles. The van der Waals surface area contributed by atoms with Crippen LogP contribution < -0.4 is 5.32 Å². The van der Waals surface area contributed by atoms with Gasteiger partial charge < -0.3 is 20.1 Å². The molecule has 2 atom stereocenters. The monoisotopic (exact) mass is 426 g/mol. The fraction of sp³-hybridized carbons (Fsp3) is 0.250. The summed E-state index contributed by atoms with van der Waals surface area (Å²) in [6, 6.07) is 7.95. The van der Waals surface area contributed by atoms with Crippen LogP contribution in [0.5, 0.6) is 5.75 Å². The number of anilines is 1. The van der Waals surface area contributed by atoms with Gasteiger partial charge in [0.2, 0.25) is 5.95 Å². The van der Waals surface area contributed by atoms with Crippen molar-refractivity contribution in [3.8, 4) is 34.2 Å². The van der Waals surface area contributed by atoms with E-state index in [4.69, 9.17) is 4.74 Å². The minimum Gasteiger partial charge on any atom is -0.508 e. The maximum atomic E-state index is 10.2. The van der Waals surface area contributed by atoms with Crippen LogP contribution in [0.2, 0.25) is 0 Å². The molecule has 1 aliphatic heterocycles. The van der Waals surface area contributed by atoms with E-state index in [1.807, 2.05) is 32.9 Å². The maximum absolute atomic E-state index is 10.2. The van der Waals surface area contributed by atoms with Gasteiger partial charge in [-0.05, 0) is 49.6 Å². The number of rotatable bonds is 4. The molecule has 1 saturated heterocycles. The number of H-pyrrole nitrogens is 1. The molecule has 0 unspecified atom stereocenters. The van der Waals surface area contributed by atoms with Crippen molar-refractivity contribution in [2.24, 2.45) is 0 Å². The lowest BCUT2D eigenvalue weighted by atomic mass is 9.92. The number of aryl methyl sites for hydroxylation is 1. The van der Waals surface area contributed by atoms with E-state index >= 15 is 0 Å². The van der Waals surface area contributed by atoms with Crippen molar-refractivity contribution in [3.63, 3.8) is 0 Å². The van der Waals surface area contributed by atoms with Gasteiger partial charge in [0.05, 0.1) is 30.0 Å². The topological polar surface area (TPSA) is 120 Å². The van der Waals surface area contributed by atoms with E-state index in [9.17, 15) is 10.4 Å². The molecule has 4 aromatic rings. The number of aromatic nitrogens is 4. The van der Waals surface area contributed by atoms with Gasteiger partial charge in [-0.1, -0.05) is 6.07 Å². The summed E-state index contributed by atoms with van der Waals surface area (Å²) in [5.74, 6) is 0.746. The van der Waals surface area contributed by atoms with E-state index in [2.05, 4.69) is 31.3 Å². The second-order valence-electron chi connectivity index (χ2n) is 8.09. The zero-order chi connectivity index (χ0) is 22.4. The summed E-state index contributed by atoms with van der Waals surface area (Å²) in [5.41, 5.74) is 5.90. The molecule has 160 valence electrons. The van der Waals surface area contributed by atoms with Crippen LogP contribution in [0.3, 0.4) is 0 Å². The van der Waals surface area contributed by atoms with Gasteiger partial charge in [0.1, 0.15) is 17.5 Å². The van der Waals surface area contributed by atoms with E-state index in [0.29, 0.717) is 34.7 Å². The predicted octanol–water partition coefficient (Wildman–Crippen LogP) is 4.08. The normalized spacial score (nSPS) is 17.7. The van der Waals surface area contributed by atoms with Crippen molar-refractivity contribution in [2.45, 2.75) is 32.9 Å². The van der Waals surface area contributed by atoms with E-state index in [0.717, 1.165) is 27.9 Å². The number of ether oxygens (including phenoxy) is 1. The van der Waals surface area contributed by atoms with Gasteiger partial charge in [-0.25, -0.2) is 15.0 Å². The number of nitrogens with zero attached hydrogens (tertiary/aromatic N) is 4. The second kappa shape index (κ2) is 7.62. The molecular weight excluding hydrogens is 404 g/mol. The third-order valence-corrected chi connectivity index (χ3v) is 6.07. The van der Waals surface area contributed by atoms with Crippen LogP contribution in [0.25, 0.3) is 33.4 Å². The van der Waals surface area contributed by atoms with Crippen LogP contribution in [0.1, 0.15) is 23.6 Å². The minimum atomic E-state index is 0.149. The highest BCUT2D eigenvalue weighted by Crippen LogP contribution is 2.37. The number of pyridine rings is 1. The summed E-state index contributed by atoms with van der Waals surface area (Å²) in [6.45, 7) is 6.46. The first-order valence-electron chi connectivity index (χ1n) is 10.4. The highest BCUT2D eigenvalue weighted by atomic mass is 16.5. The Balaban J connectivity index is 1.54. The Hall–Kier alpha value is -3.96. The van der Waals surface area contributed by atoms with Crippen LogP contribution in [0, 0.1) is 25.2 Å². The average Bonchev–Trinajstić information content (AvgIpc) is 3.24. The highest BCUT2D eigenvalue weighted by Gasteiger charge is 2.28. The SMILES string of the molecule is Cc1ccc(O)c(C)c1-c1cnc2[nH]c(-c3cnc(N[C@@H]4CO[C@@H]4C)nc3)cc2c1C#N. The summed E-state index contributed by atoms with van der Waals surface area (Å²) < 4.78 is 5.36. The molecule has 0 bridgehead atoms. The molecule has 1 aromatic carbocycles. The summed E-state index contributed by atoms with van der Waals surface area (Å²) in [5, 5.41) is 24.1. The Morgan fingerprint density at radius 3 is 2.62 bits per heavy atom. The smallest absolute Gasteiger partial charge is 0.223 e. The summed E-state index contributed by atoms with van der Waals surface area (Å²) in [6.07, 6.45) is 5.30. The lowest BCUT2D eigenvalue weighted by Crippen LogP contribution is -2.48. The Kier molecular flexibility index (Phi) is 4.76. The number of nitrogens with one attached hydrogen (secondary N) is 2. The molecule has 8 heteroatoms. The van der Waals surface area contributed by atoms with Crippen LogP contribution >= 0.6 is 0 Å². The molecule has 5 rings (SSSR count). The van der Waals surface area contributed by atoms with Crippen molar-refractivity contribution in [2.75, 3.05) is 11.9 Å². The van der Waals surface area contributed by atoms with Crippen LogP contribution in [-0.2, 0) is 4.74 Å². The van der Waals surface area contributed by atoms with Gasteiger partial charge in [-0.15, -0.1) is 0 Å². The maximum Gasteiger partial charge on any atom is 0.223 e. The molecule has 1 fully saturated rings. The van der Waals surface area contributed by atoms with Crippen molar-refractivity contribution < 1.29 is 9.84 Å². The molecular formula is C24H22N6O2. The quantitative estimate of drug-likeness (QED) is 0.450. The van der Waals surface area contributed by atoms with Gasteiger partial charge in [-0.3, -0.25) is 0 Å². The Labute approximate surface area is 184 Å². The van der Waals surface area contributed by atoms with E-state index in [-0.39, 0.29) is 17.9 Å². The molecule has 8 nitrogen and oxygen atoms in total. The number of fused-ring (bicyclic) bond motifs is 1. The second-order valence-corrected chi connectivity index (χ2v) is 8.09. The summed E-state index contributed by atoms with van der Waals surface area (Å²) >= 11 is 0. The zero-order valence-electron chi connectivity index (χ0n) is 18.0. The number of hydrogen-bond acceptors (Lipinski definition) is 7. The molecule has 1 aliphatic rings. The van der Waals surface area contributed by atoms with Gasteiger partial charge in [-0.2, -0.15) is 5.26 Å². The van der Waals surface area contributed by atoms with Gasteiger partial charge in [0.25, 0.3) is 0 Å². The number of phenolic OH excluding ortho intramolecular Hbond substituents is 1. The van der Waals surface area contributed by atoms with Crippen LogP contribution in [0.4, 0.5) is 5.95 Å². The number of aromatic hydroxyl groups is 1. The predicted molar refractivity (Wildman–Crippen MR) is 121 cm³/mol. The van der Waals surface area contributed by atoms with Crippen molar-refractivity contribution in [3.05, 3.63) is 53.5 Å². The summed E-state index contributed by atoms with van der Waals surface area (Å²) in [4.78, 5) is 16.6. The Bertz CT molecular complexity index is 1370. The van der Waals surface area contributed by atoms with Crippen LogP contribution in [0.15, 0.2) is 36.8 Å². The van der Waals surface area contributed by atoms with Crippen molar-refractivity contribution in [1.82, 2.24) is 19.9 Å². The molecule has 3 N–H and O–H groups in total. The first-order chi connectivity index (χ1) is 15.5. The Morgan fingerprint density at radius 1 is 1.19 bits per heavy atom. The van der Waals surface area contributed by atoms with Crippen LogP contribution in [-0.4, -0.2) is 43.8 Å². The number of nitriles is 1. The first kappa shape index (κ1) is 20.0. The van der Waals surface area contributed by atoms with E-state index in [1.54, 1.807) is 24.7 Å². The largest absolute Gasteiger partial charge is 0.508 e.